The van der Waals surface area contributed by atoms with Gasteiger partial charge in [0.1, 0.15) is 11.9 Å². The van der Waals surface area contributed by atoms with Gasteiger partial charge in [-0.05, 0) is 55.2 Å². The molecular formula is C27H30ClN3O4. The predicted molar refractivity (Wildman–Crippen MR) is 135 cm³/mol. The van der Waals surface area contributed by atoms with Gasteiger partial charge in [0.25, 0.3) is 5.91 Å². The monoisotopic (exact) mass is 495 g/mol. The van der Waals surface area contributed by atoms with E-state index in [1.165, 1.54) is 0 Å². The summed E-state index contributed by atoms with van der Waals surface area (Å²) >= 11 is 6.06. The number of anilines is 1. The molecule has 1 saturated carbocycles. The average molecular weight is 496 g/mol. The fourth-order valence-corrected chi connectivity index (χ4v) is 5.41. The first-order valence-corrected chi connectivity index (χ1v) is 12.5. The molecule has 0 aromatic heterocycles. The maximum atomic E-state index is 13.3. The van der Waals surface area contributed by atoms with Crippen LogP contribution in [0.2, 0.25) is 5.02 Å². The number of nitrogens with zero attached hydrogens (tertiary/aromatic N) is 2. The number of piperazine rings is 1. The first-order chi connectivity index (χ1) is 17.0. The smallest absolute Gasteiger partial charge is 0.286 e. The zero-order chi connectivity index (χ0) is 24.4. The van der Waals surface area contributed by atoms with Crippen LogP contribution >= 0.6 is 11.6 Å². The molecule has 3 unspecified atom stereocenters. The van der Waals surface area contributed by atoms with Crippen molar-refractivity contribution in [3.8, 4) is 5.75 Å². The minimum Gasteiger partial charge on any atom is -0.497 e. The number of ether oxygens (including phenoxy) is 2. The van der Waals surface area contributed by atoms with Gasteiger partial charge in [0.15, 0.2) is 5.76 Å². The Balaban J connectivity index is 1.16. The Kier molecular flexibility index (Phi) is 6.86. The second-order valence-corrected chi connectivity index (χ2v) is 9.76. The van der Waals surface area contributed by atoms with E-state index >= 15 is 0 Å². The van der Waals surface area contributed by atoms with Gasteiger partial charge in [-0.3, -0.25) is 9.59 Å². The van der Waals surface area contributed by atoms with Gasteiger partial charge in [-0.15, -0.1) is 0 Å². The van der Waals surface area contributed by atoms with E-state index in [1.54, 1.807) is 25.3 Å². The minimum absolute atomic E-state index is 0.0954. The van der Waals surface area contributed by atoms with Crippen molar-refractivity contribution in [1.29, 1.82) is 0 Å². The molecule has 2 heterocycles. The highest BCUT2D eigenvalue weighted by Crippen LogP contribution is 2.33. The van der Waals surface area contributed by atoms with Gasteiger partial charge >= 0.3 is 0 Å². The maximum Gasteiger partial charge on any atom is 0.286 e. The Morgan fingerprint density at radius 1 is 1.11 bits per heavy atom. The molecule has 2 amide bonds. The quantitative estimate of drug-likeness (QED) is 0.654. The molecule has 7 nitrogen and oxygen atoms in total. The third-order valence-corrected chi connectivity index (χ3v) is 7.35. The number of carbonyl (C=O) groups excluding carboxylic acids is 2. The number of nitrogens with one attached hydrogen (secondary N) is 1. The van der Waals surface area contributed by atoms with Gasteiger partial charge in [-0.25, -0.2) is 0 Å². The van der Waals surface area contributed by atoms with Crippen molar-refractivity contribution in [3.05, 3.63) is 64.9 Å². The average Bonchev–Trinajstić information content (AvgIpc) is 2.88. The maximum absolute atomic E-state index is 13.3. The summed E-state index contributed by atoms with van der Waals surface area (Å²) in [6.45, 7) is 2.95. The third-order valence-electron chi connectivity index (χ3n) is 7.11. The van der Waals surface area contributed by atoms with E-state index in [4.69, 9.17) is 21.1 Å². The van der Waals surface area contributed by atoms with Crippen LogP contribution in [0.3, 0.4) is 0 Å². The fourth-order valence-electron chi connectivity index (χ4n) is 5.21. The first-order valence-electron chi connectivity index (χ1n) is 12.1. The highest BCUT2D eigenvalue weighted by atomic mass is 35.5. The first kappa shape index (κ1) is 23.5. The molecule has 184 valence electrons. The summed E-state index contributed by atoms with van der Waals surface area (Å²) < 4.78 is 11.4. The number of fused-ring (bicyclic) bond motifs is 1. The van der Waals surface area contributed by atoms with Crippen LogP contribution < -0.4 is 15.0 Å². The zero-order valence-electron chi connectivity index (χ0n) is 19.8. The van der Waals surface area contributed by atoms with Crippen LogP contribution in [0.15, 0.2) is 54.3 Å². The van der Waals surface area contributed by atoms with Crippen LogP contribution in [0, 0.1) is 5.92 Å². The van der Waals surface area contributed by atoms with E-state index in [0.717, 1.165) is 42.9 Å². The van der Waals surface area contributed by atoms with E-state index in [1.807, 2.05) is 35.2 Å². The van der Waals surface area contributed by atoms with Gasteiger partial charge < -0.3 is 24.6 Å². The van der Waals surface area contributed by atoms with Gasteiger partial charge in [-0.1, -0.05) is 29.8 Å². The summed E-state index contributed by atoms with van der Waals surface area (Å²) in [5.74, 6) is 0.975. The van der Waals surface area contributed by atoms with Crippen molar-refractivity contribution in [2.45, 2.75) is 31.4 Å². The molecule has 35 heavy (non-hydrogen) atoms. The molecule has 2 aliphatic heterocycles. The molecule has 2 saturated heterocycles. The van der Waals surface area contributed by atoms with Gasteiger partial charge in [0.05, 0.1) is 13.2 Å². The van der Waals surface area contributed by atoms with Crippen molar-refractivity contribution in [1.82, 2.24) is 10.2 Å². The van der Waals surface area contributed by atoms with Crippen LogP contribution in [-0.4, -0.2) is 62.1 Å². The molecule has 1 aliphatic carbocycles. The topological polar surface area (TPSA) is 71.1 Å². The minimum atomic E-state index is -0.244. The fraction of sp³-hybridized carbons (Fsp3) is 0.407. The lowest BCUT2D eigenvalue weighted by molar-refractivity contribution is -0.141. The third kappa shape index (κ3) is 5.25. The summed E-state index contributed by atoms with van der Waals surface area (Å²) in [4.78, 5) is 30.2. The molecular weight excluding hydrogens is 466 g/mol. The number of benzene rings is 2. The number of carbonyl (C=O) groups is 2. The molecule has 3 atom stereocenters. The predicted octanol–water partition coefficient (Wildman–Crippen LogP) is 3.72. The summed E-state index contributed by atoms with van der Waals surface area (Å²) in [7, 11) is 1.67. The van der Waals surface area contributed by atoms with E-state index in [9.17, 15) is 9.59 Å². The molecule has 8 heteroatoms. The van der Waals surface area contributed by atoms with Crippen molar-refractivity contribution < 1.29 is 19.1 Å². The zero-order valence-corrected chi connectivity index (χ0v) is 20.5. The van der Waals surface area contributed by atoms with E-state index in [2.05, 4.69) is 16.3 Å². The van der Waals surface area contributed by atoms with Gasteiger partial charge in [-0.2, -0.15) is 0 Å². The molecule has 2 aromatic carbocycles. The molecule has 0 spiro atoms. The largest absolute Gasteiger partial charge is 0.497 e. The van der Waals surface area contributed by atoms with Crippen molar-refractivity contribution >= 4 is 35.2 Å². The Bertz CT molecular complexity index is 1130. The normalized spacial score (nSPS) is 25.5. The van der Waals surface area contributed by atoms with E-state index in [0.29, 0.717) is 30.3 Å². The number of rotatable bonds is 4. The van der Waals surface area contributed by atoms with E-state index < -0.39 is 0 Å². The lowest BCUT2D eigenvalue weighted by atomic mass is 9.82. The van der Waals surface area contributed by atoms with Crippen LogP contribution in [0.1, 0.15) is 24.8 Å². The highest BCUT2D eigenvalue weighted by molar-refractivity contribution is 6.30. The van der Waals surface area contributed by atoms with E-state index in [-0.39, 0.29) is 29.9 Å². The summed E-state index contributed by atoms with van der Waals surface area (Å²) in [5, 5.41) is 3.68. The number of morpholine rings is 1. The number of halogens is 1. The lowest BCUT2D eigenvalue weighted by Crippen LogP contribution is -2.56. The SMILES string of the molecule is COc1cccc(N2CCN(C(=O)C3CCC4O/C(=C/c5cccc(Cl)c5)C(=O)NC4C3)CC2)c1. The van der Waals surface area contributed by atoms with Gasteiger partial charge in [0.2, 0.25) is 5.91 Å². The molecule has 3 aliphatic rings. The number of hydrogen-bond donors (Lipinski definition) is 1. The van der Waals surface area contributed by atoms with Crippen LogP contribution in [0.4, 0.5) is 5.69 Å². The molecule has 5 rings (SSSR count). The van der Waals surface area contributed by atoms with Crippen LogP contribution in [-0.2, 0) is 14.3 Å². The standard InChI is InChI=1S/C27H30ClN3O4/c1-34-22-7-3-6-21(17-22)30-10-12-31(13-11-30)27(33)19-8-9-24-23(16-19)29-26(32)25(35-24)15-18-4-2-5-20(28)14-18/h2-7,14-15,17,19,23-24H,8-13,16H2,1H3,(H,29,32)/b25-15+. The number of hydrogen-bond acceptors (Lipinski definition) is 5. The Morgan fingerprint density at radius 2 is 1.91 bits per heavy atom. The van der Waals surface area contributed by atoms with Gasteiger partial charge in [0, 0.05) is 48.9 Å². The lowest BCUT2D eigenvalue weighted by Gasteiger charge is -2.42. The van der Waals surface area contributed by atoms with Crippen molar-refractivity contribution in [2.75, 3.05) is 38.2 Å². The molecule has 0 bridgehead atoms. The number of amides is 2. The molecule has 2 aromatic rings. The Labute approximate surface area is 210 Å². The van der Waals surface area contributed by atoms with Crippen molar-refractivity contribution in [3.63, 3.8) is 0 Å². The highest BCUT2D eigenvalue weighted by Gasteiger charge is 2.41. The second kappa shape index (κ2) is 10.2. The van der Waals surface area contributed by atoms with Crippen molar-refractivity contribution in [2.24, 2.45) is 5.92 Å². The summed E-state index contributed by atoms with van der Waals surface area (Å²) in [6, 6.07) is 15.2. The number of methoxy groups -OCH3 is 1. The summed E-state index contributed by atoms with van der Waals surface area (Å²) in [5.41, 5.74) is 1.93. The van der Waals surface area contributed by atoms with Crippen LogP contribution in [0.5, 0.6) is 5.75 Å². The molecule has 0 radical (unpaired) electrons. The Morgan fingerprint density at radius 3 is 2.69 bits per heavy atom. The second-order valence-electron chi connectivity index (χ2n) is 9.32. The van der Waals surface area contributed by atoms with Crippen LogP contribution in [0.25, 0.3) is 6.08 Å². The molecule has 3 fully saturated rings. The summed E-state index contributed by atoms with van der Waals surface area (Å²) in [6.07, 6.45) is 3.70. The molecule has 1 N–H and O–H groups in total. The Hall–Kier alpha value is -3.19.